The smallest absolute Gasteiger partial charge is 0.337 e. The number of hydrogen-bond acceptors (Lipinski definition) is 8. The van der Waals surface area contributed by atoms with Crippen LogP contribution in [0.4, 0.5) is 5.69 Å². The topological polar surface area (TPSA) is 123 Å². The number of rotatable bonds is 11. The van der Waals surface area contributed by atoms with Crippen molar-refractivity contribution in [1.82, 2.24) is 10.2 Å². The highest BCUT2D eigenvalue weighted by atomic mass is 16.5. The lowest BCUT2D eigenvalue weighted by Crippen LogP contribution is -2.39. The molecule has 29 heavy (non-hydrogen) atoms. The maximum atomic E-state index is 12.3. The first-order valence-electron chi connectivity index (χ1n) is 8.86. The van der Waals surface area contributed by atoms with Crippen molar-refractivity contribution in [2.75, 3.05) is 59.9 Å². The van der Waals surface area contributed by atoms with E-state index in [1.165, 1.54) is 37.3 Å². The summed E-state index contributed by atoms with van der Waals surface area (Å²) >= 11 is 0. The van der Waals surface area contributed by atoms with Gasteiger partial charge >= 0.3 is 11.9 Å². The van der Waals surface area contributed by atoms with Crippen LogP contribution in [0.3, 0.4) is 0 Å². The summed E-state index contributed by atoms with van der Waals surface area (Å²) in [6.45, 7) is 1.01. The first-order valence-corrected chi connectivity index (χ1v) is 8.86. The molecule has 0 radical (unpaired) electrons. The fraction of sp³-hybridized carbons (Fsp3) is 0.474. The molecule has 0 aromatic heterocycles. The van der Waals surface area contributed by atoms with Gasteiger partial charge < -0.3 is 24.8 Å². The zero-order valence-corrected chi connectivity index (χ0v) is 17.1. The number of amides is 2. The number of ether oxygens (including phenoxy) is 3. The van der Waals surface area contributed by atoms with Crippen molar-refractivity contribution in [3.8, 4) is 0 Å². The summed E-state index contributed by atoms with van der Waals surface area (Å²) in [5, 5.41) is 5.33. The third kappa shape index (κ3) is 8.71. The van der Waals surface area contributed by atoms with Gasteiger partial charge in [-0.2, -0.15) is 0 Å². The molecule has 0 aliphatic rings. The predicted octanol–water partition coefficient (Wildman–Crippen LogP) is 0.283. The number of carbonyl (C=O) groups is 4. The minimum Gasteiger partial charge on any atom is -0.465 e. The molecular formula is C19H27N3O7. The Kier molecular flexibility index (Phi) is 10.3. The van der Waals surface area contributed by atoms with Crippen LogP contribution in [0.15, 0.2) is 18.2 Å². The molecule has 2 amide bonds. The zero-order valence-electron chi connectivity index (χ0n) is 17.1. The molecule has 1 rings (SSSR count). The first kappa shape index (κ1) is 24.1. The Morgan fingerprint density at radius 1 is 0.897 bits per heavy atom. The first-order chi connectivity index (χ1) is 13.8. The van der Waals surface area contributed by atoms with Crippen molar-refractivity contribution < 1.29 is 33.4 Å². The molecule has 0 aliphatic heterocycles. The molecule has 10 nitrogen and oxygen atoms in total. The van der Waals surface area contributed by atoms with E-state index in [2.05, 4.69) is 20.1 Å². The summed E-state index contributed by atoms with van der Waals surface area (Å²) in [6.07, 6.45) is 0.700. The maximum Gasteiger partial charge on any atom is 0.337 e. The number of methoxy groups -OCH3 is 3. The van der Waals surface area contributed by atoms with Gasteiger partial charge in [0, 0.05) is 25.9 Å². The van der Waals surface area contributed by atoms with Gasteiger partial charge in [0.25, 0.3) is 0 Å². The zero-order chi connectivity index (χ0) is 21.8. The van der Waals surface area contributed by atoms with Crippen molar-refractivity contribution in [2.24, 2.45) is 0 Å². The van der Waals surface area contributed by atoms with Crippen molar-refractivity contribution >= 4 is 29.4 Å². The van der Waals surface area contributed by atoms with E-state index in [1.807, 2.05) is 0 Å². The van der Waals surface area contributed by atoms with E-state index in [1.54, 1.807) is 14.2 Å². The molecule has 0 saturated heterocycles. The van der Waals surface area contributed by atoms with E-state index in [0.717, 1.165) is 0 Å². The van der Waals surface area contributed by atoms with E-state index < -0.39 is 17.8 Å². The van der Waals surface area contributed by atoms with Gasteiger partial charge in [0.2, 0.25) is 11.8 Å². The maximum absolute atomic E-state index is 12.3. The van der Waals surface area contributed by atoms with Gasteiger partial charge in [-0.1, -0.05) is 0 Å². The minimum atomic E-state index is -0.659. The number of nitrogens with zero attached hydrogens (tertiary/aromatic N) is 1. The lowest BCUT2D eigenvalue weighted by Gasteiger charge is -2.16. The minimum absolute atomic E-state index is 0.0377. The lowest BCUT2D eigenvalue weighted by atomic mass is 10.1. The van der Waals surface area contributed by atoms with Gasteiger partial charge in [0.1, 0.15) is 0 Å². The molecule has 2 N–H and O–H groups in total. The number of nitrogens with one attached hydrogen (secondary N) is 2. The summed E-state index contributed by atoms with van der Waals surface area (Å²) < 4.78 is 14.2. The number of benzene rings is 1. The molecule has 0 heterocycles. The van der Waals surface area contributed by atoms with Crippen LogP contribution in [0.25, 0.3) is 0 Å². The summed E-state index contributed by atoms with van der Waals surface area (Å²) in [4.78, 5) is 49.2. The van der Waals surface area contributed by atoms with Crippen molar-refractivity contribution in [2.45, 2.75) is 6.42 Å². The quantitative estimate of drug-likeness (QED) is 0.395. The summed E-state index contributed by atoms with van der Waals surface area (Å²) in [5.74, 6) is -1.95. The normalized spacial score (nSPS) is 10.4. The Morgan fingerprint density at radius 3 is 1.97 bits per heavy atom. The molecule has 1 aromatic carbocycles. The monoisotopic (exact) mass is 409 g/mol. The van der Waals surface area contributed by atoms with Crippen molar-refractivity contribution in [1.29, 1.82) is 0 Å². The van der Waals surface area contributed by atoms with Crippen LogP contribution in [0, 0.1) is 0 Å². The highest BCUT2D eigenvalue weighted by molar-refractivity contribution is 5.99. The molecule has 0 unspecified atom stereocenters. The second-order valence-electron chi connectivity index (χ2n) is 6.20. The highest BCUT2D eigenvalue weighted by Gasteiger charge is 2.16. The Hall–Kier alpha value is -2.98. The van der Waals surface area contributed by atoms with E-state index in [9.17, 15) is 19.2 Å². The molecule has 0 aliphatic carbocycles. The highest BCUT2D eigenvalue weighted by Crippen LogP contribution is 2.17. The SMILES string of the molecule is COCCCNC(=O)CN(C)CC(=O)Nc1cc(C(=O)OC)cc(C(=O)OC)c1. The molecule has 0 spiro atoms. The summed E-state index contributed by atoms with van der Waals surface area (Å²) in [6, 6.07) is 4.09. The Labute approximate surface area is 169 Å². The molecule has 160 valence electrons. The fourth-order valence-corrected chi connectivity index (χ4v) is 2.42. The molecule has 0 fully saturated rings. The summed E-state index contributed by atoms with van der Waals surface area (Å²) in [7, 11) is 5.63. The van der Waals surface area contributed by atoms with E-state index in [4.69, 9.17) is 4.74 Å². The van der Waals surface area contributed by atoms with Crippen LogP contribution in [0.2, 0.25) is 0 Å². The number of hydrogen-bond donors (Lipinski definition) is 2. The standard InChI is InChI=1S/C19H27N3O7/c1-22(11-16(23)20-6-5-7-27-2)12-17(24)21-15-9-13(18(25)28-3)8-14(10-15)19(26)29-4/h8-10H,5-7,11-12H2,1-4H3,(H,20,23)(H,21,24). The number of esters is 2. The van der Waals surface area contributed by atoms with Crippen LogP contribution in [-0.2, 0) is 23.8 Å². The number of carbonyl (C=O) groups excluding carboxylic acids is 4. The third-order valence-corrected chi connectivity index (χ3v) is 3.73. The molecule has 1 aromatic rings. The fourth-order valence-electron chi connectivity index (χ4n) is 2.42. The number of anilines is 1. The van der Waals surface area contributed by atoms with Crippen molar-refractivity contribution in [3.05, 3.63) is 29.3 Å². The Balaban J connectivity index is 2.69. The second-order valence-corrected chi connectivity index (χ2v) is 6.20. The van der Waals surface area contributed by atoms with Crippen LogP contribution < -0.4 is 10.6 Å². The van der Waals surface area contributed by atoms with Gasteiger partial charge in [-0.25, -0.2) is 9.59 Å². The molecule has 0 saturated carbocycles. The predicted molar refractivity (Wildman–Crippen MR) is 105 cm³/mol. The van der Waals surface area contributed by atoms with Gasteiger partial charge in [-0.05, 0) is 31.7 Å². The van der Waals surface area contributed by atoms with Crippen LogP contribution in [0.5, 0.6) is 0 Å². The Bertz CT molecular complexity index is 702. The lowest BCUT2D eigenvalue weighted by molar-refractivity contribution is -0.123. The molecule has 0 atom stereocenters. The van der Waals surface area contributed by atoms with Crippen molar-refractivity contribution in [3.63, 3.8) is 0 Å². The van der Waals surface area contributed by atoms with E-state index in [0.29, 0.717) is 19.6 Å². The molecular weight excluding hydrogens is 382 g/mol. The molecule has 0 bridgehead atoms. The van der Waals surface area contributed by atoms with E-state index in [-0.39, 0.29) is 35.8 Å². The Morgan fingerprint density at radius 2 is 1.45 bits per heavy atom. The van der Waals surface area contributed by atoms with Crippen LogP contribution >= 0.6 is 0 Å². The van der Waals surface area contributed by atoms with Gasteiger partial charge in [-0.15, -0.1) is 0 Å². The van der Waals surface area contributed by atoms with Gasteiger partial charge in [0.15, 0.2) is 0 Å². The van der Waals surface area contributed by atoms with Gasteiger partial charge in [0.05, 0.1) is 38.4 Å². The summed E-state index contributed by atoms with van der Waals surface area (Å²) in [5.41, 5.74) is 0.416. The largest absolute Gasteiger partial charge is 0.465 e. The second kappa shape index (κ2) is 12.5. The average Bonchev–Trinajstić information content (AvgIpc) is 2.69. The van der Waals surface area contributed by atoms with E-state index >= 15 is 0 Å². The van der Waals surface area contributed by atoms with Crippen LogP contribution in [0.1, 0.15) is 27.1 Å². The average molecular weight is 409 g/mol. The number of likely N-dealkylation sites (N-methyl/N-ethyl adjacent to an activating group) is 1. The molecule has 10 heteroatoms. The van der Waals surface area contributed by atoms with Gasteiger partial charge in [-0.3, -0.25) is 14.5 Å². The van der Waals surface area contributed by atoms with Crippen LogP contribution in [-0.4, -0.2) is 83.3 Å². The third-order valence-electron chi connectivity index (χ3n) is 3.73.